The van der Waals surface area contributed by atoms with E-state index in [1.54, 1.807) is 35.2 Å². The predicted octanol–water partition coefficient (Wildman–Crippen LogP) is 2.18. The van der Waals surface area contributed by atoms with Crippen molar-refractivity contribution in [1.82, 2.24) is 0 Å². The number of carbonyl (C=O) groups is 1. The molecule has 1 amide bonds. The number of nitrogens with one attached hydrogen (secondary N) is 1. The van der Waals surface area contributed by atoms with Crippen molar-refractivity contribution >= 4 is 43.0 Å². The van der Waals surface area contributed by atoms with Gasteiger partial charge in [0.25, 0.3) is 10.0 Å². The van der Waals surface area contributed by atoms with Gasteiger partial charge in [0.2, 0.25) is 15.9 Å². The van der Waals surface area contributed by atoms with E-state index >= 15 is 0 Å². The second-order valence-electron chi connectivity index (χ2n) is 7.69. The van der Waals surface area contributed by atoms with Crippen LogP contribution in [-0.4, -0.2) is 42.6 Å². The maximum Gasteiger partial charge on any atom is 0.261 e. The lowest BCUT2D eigenvalue weighted by atomic mass is 10.2. The fraction of sp³-hybridized carbons (Fsp3) is 0.350. The van der Waals surface area contributed by atoms with E-state index in [0.717, 1.165) is 34.7 Å². The van der Waals surface area contributed by atoms with Gasteiger partial charge in [-0.25, -0.2) is 16.8 Å². The summed E-state index contributed by atoms with van der Waals surface area (Å²) in [5.74, 6) is 0.229. The summed E-state index contributed by atoms with van der Waals surface area (Å²) < 4.78 is 52.8. The standard InChI is InChI=1S/C20H23N3O5S2/c1-22(29(2,25)26)17-5-3-4-16(13-17)21-30(27,28)18-8-9-19-15(12-18)10-11-23(19)20(24)14-6-7-14/h3-5,8-9,12-14,21H,6-7,10-11H2,1-2H3. The summed E-state index contributed by atoms with van der Waals surface area (Å²) in [6, 6.07) is 11.0. The number of nitrogens with zero attached hydrogens (tertiary/aromatic N) is 2. The summed E-state index contributed by atoms with van der Waals surface area (Å²) in [5.41, 5.74) is 2.22. The molecule has 1 heterocycles. The highest BCUT2D eigenvalue weighted by atomic mass is 32.2. The smallest absolute Gasteiger partial charge is 0.261 e. The van der Waals surface area contributed by atoms with E-state index in [0.29, 0.717) is 18.7 Å². The van der Waals surface area contributed by atoms with Crippen molar-refractivity contribution in [3.8, 4) is 0 Å². The van der Waals surface area contributed by atoms with E-state index in [-0.39, 0.29) is 22.4 Å². The highest BCUT2D eigenvalue weighted by Crippen LogP contribution is 2.37. The Morgan fingerprint density at radius 2 is 1.83 bits per heavy atom. The lowest BCUT2D eigenvalue weighted by Crippen LogP contribution is -2.30. The Bertz CT molecular complexity index is 1220. The van der Waals surface area contributed by atoms with Gasteiger partial charge >= 0.3 is 0 Å². The zero-order chi connectivity index (χ0) is 21.7. The average Bonchev–Trinajstić information content (AvgIpc) is 3.45. The number of carbonyl (C=O) groups excluding carboxylic acids is 1. The highest BCUT2D eigenvalue weighted by molar-refractivity contribution is 7.92. The summed E-state index contributed by atoms with van der Waals surface area (Å²) in [6.45, 7) is 0.571. The number of hydrogen-bond donors (Lipinski definition) is 1. The summed E-state index contributed by atoms with van der Waals surface area (Å²) in [5, 5.41) is 0. The van der Waals surface area contributed by atoms with Crippen molar-refractivity contribution in [2.24, 2.45) is 5.92 Å². The van der Waals surface area contributed by atoms with E-state index in [9.17, 15) is 21.6 Å². The minimum Gasteiger partial charge on any atom is -0.312 e. The third-order valence-electron chi connectivity index (χ3n) is 5.41. The molecule has 1 fully saturated rings. The molecule has 8 nitrogen and oxygen atoms in total. The van der Waals surface area contributed by atoms with Gasteiger partial charge in [-0.3, -0.25) is 13.8 Å². The molecule has 0 unspecified atom stereocenters. The van der Waals surface area contributed by atoms with E-state index in [1.165, 1.54) is 19.2 Å². The van der Waals surface area contributed by atoms with E-state index in [2.05, 4.69) is 4.72 Å². The molecule has 1 N–H and O–H groups in total. The quantitative estimate of drug-likeness (QED) is 0.728. The average molecular weight is 450 g/mol. The fourth-order valence-electron chi connectivity index (χ4n) is 3.50. The number of sulfonamides is 2. The molecule has 30 heavy (non-hydrogen) atoms. The van der Waals surface area contributed by atoms with Crippen LogP contribution in [0.15, 0.2) is 47.4 Å². The normalized spacial score (nSPS) is 16.3. The third-order valence-corrected chi connectivity index (χ3v) is 7.99. The van der Waals surface area contributed by atoms with Crippen LogP contribution in [0.2, 0.25) is 0 Å². The zero-order valence-electron chi connectivity index (χ0n) is 16.7. The Kier molecular flexibility index (Phi) is 5.01. The monoisotopic (exact) mass is 449 g/mol. The van der Waals surface area contributed by atoms with Crippen molar-refractivity contribution < 1.29 is 21.6 Å². The van der Waals surface area contributed by atoms with Gasteiger partial charge in [0.1, 0.15) is 0 Å². The van der Waals surface area contributed by atoms with Crippen molar-refractivity contribution in [3.63, 3.8) is 0 Å². The molecule has 0 saturated heterocycles. The fourth-order valence-corrected chi connectivity index (χ4v) is 5.09. The molecule has 1 saturated carbocycles. The van der Waals surface area contributed by atoms with Crippen LogP contribution in [0.4, 0.5) is 17.1 Å². The number of benzene rings is 2. The molecule has 2 aromatic rings. The largest absolute Gasteiger partial charge is 0.312 e. The number of anilines is 3. The molecule has 1 aliphatic heterocycles. The molecule has 4 rings (SSSR count). The lowest BCUT2D eigenvalue weighted by Gasteiger charge is -2.18. The van der Waals surface area contributed by atoms with E-state index in [4.69, 9.17) is 0 Å². The molecule has 0 bridgehead atoms. The van der Waals surface area contributed by atoms with Crippen LogP contribution >= 0.6 is 0 Å². The minimum atomic E-state index is -3.88. The lowest BCUT2D eigenvalue weighted by molar-refractivity contribution is -0.119. The number of amides is 1. The van der Waals surface area contributed by atoms with Gasteiger partial charge in [-0.05, 0) is 61.2 Å². The Morgan fingerprint density at radius 3 is 2.50 bits per heavy atom. The van der Waals surface area contributed by atoms with Gasteiger partial charge in [-0.2, -0.15) is 0 Å². The van der Waals surface area contributed by atoms with Crippen LogP contribution in [0, 0.1) is 5.92 Å². The molecule has 1 aliphatic carbocycles. The number of rotatable bonds is 6. The van der Waals surface area contributed by atoms with Crippen LogP contribution < -0.4 is 13.9 Å². The van der Waals surface area contributed by atoms with Crippen molar-refractivity contribution in [1.29, 1.82) is 0 Å². The van der Waals surface area contributed by atoms with Crippen LogP contribution in [0.25, 0.3) is 0 Å². The van der Waals surface area contributed by atoms with Crippen molar-refractivity contribution in [2.45, 2.75) is 24.2 Å². The molecule has 10 heteroatoms. The summed E-state index contributed by atoms with van der Waals surface area (Å²) in [7, 11) is -5.94. The third kappa shape index (κ3) is 4.01. The Labute approximate surface area is 176 Å². The Balaban J connectivity index is 1.57. The molecule has 0 spiro atoms. The van der Waals surface area contributed by atoms with Gasteiger partial charge in [-0.1, -0.05) is 6.07 Å². The van der Waals surface area contributed by atoms with Crippen molar-refractivity contribution in [3.05, 3.63) is 48.0 Å². The van der Waals surface area contributed by atoms with Crippen LogP contribution in [0.1, 0.15) is 18.4 Å². The molecule has 2 aromatic carbocycles. The maximum atomic E-state index is 12.9. The van der Waals surface area contributed by atoms with Crippen LogP contribution in [0.5, 0.6) is 0 Å². The first kappa shape index (κ1) is 20.7. The minimum absolute atomic E-state index is 0.101. The molecular weight excluding hydrogens is 426 g/mol. The van der Waals surface area contributed by atoms with Gasteiger partial charge in [0.05, 0.1) is 22.5 Å². The topological polar surface area (TPSA) is 104 Å². The summed E-state index contributed by atoms with van der Waals surface area (Å²) >= 11 is 0. The maximum absolute atomic E-state index is 12.9. The Morgan fingerprint density at radius 1 is 1.10 bits per heavy atom. The molecule has 2 aliphatic rings. The van der Waals surface area contributed by atoms with Gasteiger partial charge < -0.3 is 4.90 Å². The van der Waals surface area contributed by atoms with Crippen LogP contribution in [-0.2, 0) is 31.3 Å². The number of hydrogen-bond acceptors (Lipinski definition) is 5. The van der Waals surface area contributed by atoms with Gasteiger partial charge in [0.15, 0.2) is 0 Å². The summed E-state index contributed by atoms with van der Waals surface area (Å²) in [6.07, 6.45) is 3.54. The first-order valence-electron chi connectivity index (χ1n) is 9.57. The second kappa shape index (κ2) is 7.28. The van der Waals surface area contributed by atoms with Gasteiger partial charge in [-0.15, -0.1) is 0 Å². The molecular formula is C20H23N3O5S2. The zero-order valence-corrected chi connectivity index (χ0v) is 18.3. The van der Waals surface area contributed by atoms with E-state index < -0.39 is 20.0 Å². The SMILES string of the molecule is CN(c1cccc(NS(=O)(=O)c2ccc3c(c2)CCN3C(=O)C2CC2)c1)S(C)(=O)=O. The molecule has 160 valence electrons. The second-order valence-corrected chi connectivity index (χ2v) is 11.4. The van der Waals surface area contributed by atoms with Crippen molar-refractivity contribution in [2.75, 3.05) is 33.8 Å². The first-order chi connectivity index (χ1) is 14.1. The summed E-state index contributed by atoms with van der Waals surface area (Å²) in [4.78, 5) is 14.3. The van der Waals surface area contributed by atoms with E-state index in [1.807, 2.05) is 0 Å². The Hall–Kier alpha value is -2.59. The highest BCUT2D eigenvalue weighted by Gasteiger charge is 2.36. The molecule has 0 aromatic heterocycles. The number of fused-ring (bicyclic) bond motifs is 1. The van der Waals surface area contributed by atoms with Gasteiger partial charge in [0, 0.05) is 25.2 Å². The predicted molar refractivity (Wildman–Crippen MR) is 116 cm³/mol. The molecule has 0 radical (unpaired) electrons. The van der Waals surface area contributed by atoms with Crippen LogP contribution in [0.3, 0.4) is 0 Å². The molecule has 0 atom stereocenters. The first-order valence-corrected chi connectivity index (χ1v) is 12.9.